The highest BCUT2D eigenvalue weighted by Gasteiger charge is 2.51. The summed E-state index contributed by atoms with van der Waals surface area (Å²) in [6.07, 6.45) is -6.76. The van der Waals surface area contributed by atoms with E-state index in [-0.39, 0.29) is 5.57 Å². The number of ether oxygens (including phenoxy) is 4. The van der Waals surface area contributed by atoms with Gasteiger partial charge in [-0.05, 0) is 65.9 Å². The number of carbonyl (C=O) groups is 1. The predicted molar refractivity (Wildman–Crippen MR) is 164 cm³/mol. The molecule has 264 valence electrons. The average Bonchev–Trinajstić information content (AvgIpc) is 3.00. The lowest BCUT2D eigenvalue weighted by molar-refractivity contribution is -0.375. The Balaban J connectivity index is 2.06. The van der Waals surface area contributed by atoms with Crippen molar-refractivity contribution in [3.05, 3.63) is 47.6 Å². The summed E-state index contributed by atoms with van der Waals surface area (Å²) in [7, 11) is 0. The second-order valence-electron chi connectivity index (χ2n) is 12.2. The molecule has 2 saturated heterocycles. The predicted octanol–water partition coefficient (Wildman–Crippen LogP) is -0.193. The summed E-state index contributed by atoms with van der Waals surface area (Å²) in [5.41, 5.74) is 1.05. The van der Waals surface area contributed by atoms with Crippen molar-refractivity contribution in [1.29, 1.82) is 0 Å². The number of hydrogen-bond acceptors (Lipinski definition) is 13. The third-order valence-corrected chi connectivity index (χ3v) is 8.26. The van der Waals surface area contributed by atoms with Crippen molar-refractivity contribution in [2.75, 3.05) is 13.2 Å². The molecule has 14 nitrogen and oxygen atoms in total. The Morgan fingerprint density at radius 2 is 1.43 bits per heavy atom. The quantitative estimate of drug-likeness (QED) is 0.0727. The highest BCUT2D eigenvalue weighted by Crippen LogP contribution is 2.33. The highest BCUT2D eigenvalue weighted by atomic mass is 16.8. The third kappa shape index (κ3) is 11.3. The van der Waals surface area contributed by atoms with E-state index in [1.165, 1.54) is 19.1 Å². The van der Waals surface area contributed by atoms with Gasteiger partial charge in [0.05, 0.1) is 24.9 Å². The molecule has 2 heterocycles. The fourth-order valence-corrected chi connectivity index (χ4v) is 5.19. The first-order valence-electron chi connectivity index (χ1n) is 15.4. The van der Waals surface area contributed by atoms with Crippen LogP contribution in [0.4, 0.5) is 0 Å². The van der Waals surface area contributed by atoms with Crippen LogP contribution < -0.4 is 0 Å². The van der Waals surface area contributed by atoms with Crippen molar-refractivity contribution >= 4 is 5.97 Å². The van der Waals surface area contributed by atoms with Crippen LogP contribution >= 0.6 is 0 Å². The monoisotopic (exact) mass is 660 g/mol. The van der Waals surface area contributed by atoms with Crippen molar-refractivity contribution in [3.8, 4) is 0 Å². The molecular formula is C32H52O14. The lowest BCUT2D eigenvalue weighted by atomic mass is 9.95. The minimum atomic E-state index is -1.78. The summed E-state index contributed by atoms with van der Waals surface area (Å²) >= 11 is 0. The molecule has 12 atom stereocenters. The van der Waals surface area contributed by atoms with Gasteiger partial charge >= 0.3 is 5.97 Å². The smallest absolute Gasteiger partial charge is 0.331 e. The van der Waals surface area contributed by atoms with E-state index in [4.69, 9.17) is 24.1 Å². The number of carboxylic acid groups (broad SMARTS) is 1. The Morgan fingerprint density at radius 1 is 0.870 bits per heavy atom. The molecule has 2 fully saturated rings. The van der Waals surface area contributed by atoms with Gasteiger partial charge in [0.15, 0.2) is 12.6 Å². The lowest BCUT2D eigenvalue weighted by Gasteiger charge is -2.47. The molecule has 9 N–H and O–H groups in total. The van der Waals surface area contributed by atoms with Gasteiger partial charge in [-0.15, -0.1) is 6.58 Å². The molecule has 0 aromatic heterocycles. The maximum absolute atomic E-state index is 10.9. The molecule has 2 unspecified atom stereocenters. The minimum Gasteiger partial charge on any atom is -0.478 e. The molecule has 14 heteroatoms. The van der Waals surface area contributed by atoms with E-state index in [1.807, 2.05) is 26.0 Å². The number of carboxylic acids is 1. The van der Waals surface area contributed by atoms with E-state index in [0.717, 1.165) is 17.6 Å². The van der Waals surface area contributed by atoms with E-state index in [2.05, 4.69) is 6.58 Å². The summed E-state index contributed by atoms with van der Waals surface area (Å²) in [4.78, 5) is 10.9. The standard InChI is InChI=1S/C32H52O14/c1-6-32(5,12-8-11-17(2)9-7-10-18(3)13-20(35)14-19(4)29(41)42)46-31-28(26(39)24(37)22(16-34)44-31)45-30-27(40)25(38)23(36)21(15-33)43-30/h6,10-11,14,20-28,30-31,33-40H,1,7-9,12-13,15-16H2,2-5H3,(H,41,42)/t20?,21-,22-,23-,24-,25+,26+,27-,28-,30+,31+,32?/m1/s1. The van der Waals surface area contributed by atoms with Crippen molar-refractivity contribution < 1.29 is 69.7 Å². The van der Waals surface area contributed by atoms with Gasteiger partial charge in [-0.25, -0.2) is 4.79 Å². The van der Waals surface area contributed by atoms with E-state index in [1.54, 1.807) is 6.92 Å². The van der Waals surface area contributed by atoms with Gasteiger partial charge in [0, 0.05) is 5.57 Å². The Bertz CT molecular complexity index is 1070. The zero-order valence-corrected chi connectivity index (χ0v) is 26.9. The number of hydrogen-bond donors (Lipinski definition) is 9. The third-order valence-electron chi connectivity index (χ3n) is 8.26. The topological polar surface area (TPSA) is 236 Å². The summed E-state index contributed by atoms with van der Waals surface area (Å²) in [6.45, 7) is 9.51. The molecule has 0 amide bonds. The zero-order valence-electron chi connectivity index (χ0n) is 26.9. The molecule has 0 saturated carbocycles. The molecule has 2 aliphatic rings. The largest absolute Gasteiger partial charge is 0.478 e. The van der Waals surface area contributed by atoms with Crippen LogP contribution in [0.3, 0.4) is 0 Å². The van der Waals surface area contributed by atoms with Crippen LogP contribution in [0.5, 0.6) is 0 Å². The van der Waals surface area contributed by atoms with Crippen LogP contribution in [0, 0.1) is 0 Å². The first-order valence-corrected chi connectivity index (χ1v) is 15.4. The molecule has 0 aliphatic carbocycles. The van der Waals surface area contributed by atoms with Crippen LogP contribution in [0.25, 0.3) is 0 Å². The van der Waals surface area contributed by atoms with Gasteiger partial charge in [0.1, 0.15) is 48.8 Å². The van der Waals surface area contributed by atoms with Crippen LogP contribution in [-0.4, -0.2) is 138 Å². The second-order valence-corrected chi connectivity index (χ2v) is 12.2. The summed E-state index contributed by atoms with van der Waals surface area (Å²) in [5, 5.41) is 90.3. The van der Waals surface area contributed by atoms with Gasteiger partial charge in [-0.2, -0.15) is 0 Å². The van der Waals surface area contributed by atoms with E-state index in [0.29, 0.717) is 25.7 Å². The minimum absolute atomic E-state index is 0.0865. The number of aliphatic hydroxyl groups excluding tert-OH is 8. The average molecular weight is 661 g/mol. The number of allylic oxidation sites excluding steroid dienone is 3. The molecule has 2 aliphatic heterocycles. The summed E-state index contributed by atoms with van der Waals surface area (Å²) in [5.74, 6) is -1.07. The van der Waals surface area contributed by atoms with E-state index < -0.39 is 92.3 Å². The normalized spacial score (nSPS) is 35.0. The maximum atomic E-state index is 10.9. The van der Waals surface area contributed by atoms with Crippen molar-refractivity contribution in [2.24, 2.45) is 0 Å². The Hall–Kier alpha value is -2.05. The molecule has 0 aromatic carbocycles. The lowest BCUT2D eigenvalue weighted by Crippen LogP contribution is -2.65. The van der Waals surface area contributed by atoms with Crippen LogP contribution in [0.15, 0.2) is 47.6 Å². The van der Waals surface area contributed by atoms with E-state index >= 15 is 0 Å². The Labute approximate surface area is 269 Å². The molecule has 0 aromatic rings. The number of aliphatic carboxylic acids is 1. The van der Waals surface area contributed by atoms with Gasteiger partial charge < -0.3 is 64.9 Å². The van der Waals surface area contributed by atoms with Gasteiger partial charge in [-0.3, -0.25) is 0 Å². The van der Waals surface area contributed by atoms with Crippen LogP contribution in [-0.2, 0) is 23.7 Å². The van der Waals surface area contributed by atoms with E-state index in [9.17, 15) is 45.6 Å². The molecular weight excluding hydrogens is 608 g/mol. The van der Waals surface area contributed by atoms with Crippen molar-refractivity contribution in [1.82, 2.24) is 0 Å². The number of aliphatic hydroxyl groups is 8. The van der Waals surface area contributed by atoms with Gasteiger partial charge in [-0.1, -0.05) is 29.4 Å². The van der Waals surface area contributed by atoms with Crippen molar-refractivity contribution in [3.63, 3.8) is 0 Å². The summed E-state index contributed by atoms with van der Waals surface area (Å²) < 4.78 is 23.1. The molecule has 0 radical (unpaired) electrons. The fourth-order valence-electron chi connectivity index (χ4n) is 5.19. The zero-order chi connectivity index (χ0) is 34.8. The first kappa shape index (κ1) is 40.1. The van der Waals surface area contributed by atoms with Gasteiger partial charge in [0.2, 0.25) is 0 Å². The first-order chi connectivity index (χ1) is 21.6. The molecule has 2 rings (SSSR count). The molecule has 0 bridgehead atoms. The van der Waals surface area contributed by atoms with Gasteiger partial charge in [0.25, 0.3) is 0 Å². The Morgan fingerprint density at radius 3 is 2.00 bits per heavy atom. The van der Waals surface area contributed by atoms with Crippen LogP contribution in [0.2, 0.25) is 0 Å². The number of rotatable bonds is 17. The molecule has 46 heavy (non-hydrogen) atoms. The Kier molecular flexibility index (Phi) is 16.1. The summed E-state index contributed by atoms with van der Waals surface area (Å²) in [6, 6.07) is 0. The van der Waals surface area contributed by atoms with Crippen LogP contribution in [0.1, 0.15) is 59.8 Å². The fraction of sp³-hybridized carbons (Fsp3) is 0.719. The highest BCUT2D eigenvalue weighted by molar-refractivity contribution is 5.85. The maximum Gasteiger partial charge on any atom is 0.331 e. The second kappa shape index (κ2) is 18.5. The SMILES string of the molecule is C=CC(C)(CCC=C(C)CCC=C(C)CC(O)C=C(C)C(=O)O)O[C@@H]1O[C@H](CO)[C@@H](O)[C@H](O)[C@H]1O[C@@H]1O[C@H](CO)[C@@H](O)[C@H](O)[C@H]1O. The molecule has 0 spiro atoms. The van der Waals surface area contributed by atoms with Crippen molar-refractivity contribution in [2.45, 2.75) is 133 Å².